The molecule has 3 atom stereocenters. The van der Waals surface area contributed by atoms with Crippen molar-refractivity contribution in [2.75, 3.05) is 6.54 Å². The zero-order chi connectivity index (χ0) is 18.4. The second-order valence-corrected chi connectivity index (χ2v) is 6.67. The fourth-order valence-corrected chi connectivity index (χ4v) is 2.50. The summed E-state index contributed by atoms with van der Waals surface area (Å²) in [4.78, 5) is 35.4. The molecule has 7 nitrogen and oxygen atoms in total. The van der Waals surface area contributed by atoms with Crippen molar-refractivity contribution in [1.29, 1.82) is 0 Å². The molecule has 1 aliphatic rings. The zero-order valence-corrected chi connectivity index (χ0v) is 17.5. The summed E-state index contributed by atoms with van der Waals surface area (Å²) in [5.74, 6) is -1.64. The number of carboxylic acid groups (broad SMARTS) is 1. The van der Waals surface area contributed by atoms with Gasteiger partial charge in [-0.3, -0.25) is 14.9 Å². The number of rotatable bonds is 9. The van der Waals surface area contributed by atoms with E-state index >= 15 is 0 Å². The first-order valence-corrected chi connectivity index (χ1v) is 8.47. The summed E-state index contributed by atoms with van der Waals surface area (Å²) < 4.78 is 0. The molecule has 1 aromatic carbocycles. The Labute approximate surface area is 175 Å². The van der Waals surface area contributed by atoms with E-state index in [9.17, 15) is 19.5 Å². The van der Waals surface area contributed by atoms with E-state index < -0.39 is 30.0 Å². The maximum Gasteiger partial charge on any atom is 1.00 e. The molecule has 0 spiro atoms. The summed E-state index contributed by atoms with van der Waals surface area (Å²) in [5, 5.41) is 18.8. The summed E-state index contributed by atoms with van der Waals surface area (Å²) >= 11 is 0. The number of amides is 2. The molecule has 8 heteroatoms. The first-order valence-electron chi connectivity index (χ1n) is 8.47. The van der Waals surface area contributed by atoms with Gasteiger partial charge in [-0.05, 0) is 17.9 Å². The van der Waals surface area contributed by atoms with Crippen LogP contribution in [0.25, 0.3) is 0 Å². The Balaban J connectivity index is 0.00000338. The van der Waals surface area contributed by atoms with Crippen LogP contribution < -0.4 is 50.6 Å². The van der Waals surface area contributed by atoms with Crippen molar-refractivity contribution in [2.24, 2.45) is 5.92 Å². The summed E-state index contributed by atoms with van der Waals surface area (Å²) in [5.41, 5.74) is 0.909. The molecule has 3 N–H and O–H groups in total. The number of carbonyl (C=O) groups excluding carboxylic acids is 3. The van der Waals surface area contributed by atoms with Crippen LogP contribution in [0.3, 0.4) is 0 Å². The van der Waals surface area contributed by atoms with Crippen LogP contribution in [0, 0.1) is 5.92 Å². The molecule has 0 radical (unpaired) electrons. The summed E-state index contributed by atoms with van der Waals surface area (Å²) in [7, 11) is 0. The van der Waals surface area contributed by atoms with Crippen LogP contribution >= 0.6 is 0 Å². The molecule has 136 valence electrons. The van der Waals surface area contributed by atoms with Crippen LogP contribution in [0.4, 0.5) is 0 Å². The van der Waals surface area contributed by atoms with Gasteiger partial charge in [-0.2, -0.15) is 0 Å². The molecule has 1 heterocycles. The number of aliphatic carboxylic acids is 1. The molecule has 0 unspecified atom stereocenters. The number of carboxylic acids is 1. The number of hydrogen-bond acceptors (Lipinski definition) is 5. The van der Waals surface area contributed by atoms with Gasteiger partial charge in [-0.25, -0.2) is 0 Å². The predicted molar refractivity (Wildman–Crippen MR) is 90.3 cm³/mol. The zero-order valence-electron chi connectivity index (χ0n) is 15.5. The standard InChI is InChI=1S/C18H25N3O4.Na/c1-11(2)8-9-19-16(22)13(10-12-6-4-3-5-7-12)20-17(23)14-15(21-14)18(24)25;/h3-7,11,13-15,21H,8-10H2,1-2H3,(H,19,22)(H,20,23)(H,24,25);/q;+1/p-1/t13-,14-,15-;/m0./s1. The van der Waals surface area contributed by atoms with Gasteiger partial charge in [0, 0.05) is 13.0 Å². The SMILES string of the molecule is CC(C)CCNC(=O)[C@H](Cc1ccccc1)NC(=O)[C@H]1N[C@@H]1C(=O)[O-].[Na+]. The van der Waals surface area contributed by atoms with E-state index in [4.69, 9.17) is 0 Å². The van der Waals surface area contributed by atoms with Gasteiger partial charge in [0.15, 0.2) is 0 Å². The molecule has 0 saturated carbocycles. The van der Waals surface area contributed by atoms with Crippen molar-refractivity contribution in [1.82, 2.24) is 16.0 Å². The molecule has 1 fully saturated rings. The van der Waals surface area contributed by atoms with E-state index in [1.807, 2.05) is 30.3 Å². The molecule has 0 aromatic heterocycles. The van der Waals surface area contributed by atoms with Crippen molar-refractivity contribution >= 4 is 17.8 Å². The van der Waals surface area contributed by atoms with Gasteiger partial charge in [-0.1, -0.05) is 44.2 Å². The third kappa shape index (κ3) is 7.07. The Morgan fingerprint density at radius 3 is 2.35 bits per heavy atom. The van der Waals surface area contributed by atoms with E-state index in [1.165, 1.54) is 0 Å². The van der Waals surface area contributed by atoms with Crippen molar-refractivity contribution in [3.8, 4) is 0 Å². The topological polar surface area (TPSA) is 120 Å². The molecular weight excluding hydrogens is 345 g/mol. The molecule has 26 heavy (non-hydrogen) atoms. The van der Waals surface area contributed by atoms with Gasteiger partial charge in [-0.15, -0.1) is 0 Å². The minimum atomic E-state index is -1.32. The first-order chi connectivity index (χ1) is 11.9. The van der Waals surface area contributed by atoms with Crippen LogP contribution in [-0.2, 0) is 20.8 Å². The van der Waals surface area contributed by atoms with Crippen molar-refractivity contribution in [2.45, 2.75) is 44.8 Å². The Morgan fingerprint density at radius 1 is 1.15 bits per heavy atom. The second-order valence-electron chi connectivity index (χ2n) is 6.67. The molecule has 0 aliphatic carbocycles. The summed E-state index contributed by atoms with van der Waals surface area (Å²) in [6.07, 6.45) is 1.18. The normalized spacial score (nSPS) is 19.2. The fraction of sp³-hybridized carbons (Fsp3) is 0.500. The van der Waals surface area contributed by atoms with Crippen LogP contribution in [0.5, 0.6) is 0 Å². The van der Waals surface area contributed by atoms with E-state index in [2.05, 4.69) is 29.8 Å². The van der Waals surface area contributed by atoms with Crippen molar-refractivity contribution in [3.63, 3.8) is 0 Å². The second kappa shape index (κ2) is 10.7. The number of nitrogens with one attached hydrogen (secondary N) is 3. The van der Waals surface area contributed by atoms with Crippen molar-refractivity contribution in [3.05, 3.63) is 35.9 Å². The number of hydrogen-bond donors (Lipinski definition) is 3. The van der Waals surface area contributed by atoms with Gasteiger partial charge in [0.05, 0.1) is 12.0 Å². The molecule has 1 aromatic rings. The largest absolute Gasteiger partial charge is 1.00 e. The minimum absolute atomic E-state index is 0. The van der Waals surface area contributed by atoms with Gasteiger partial charge in [0.25, 0.3) is 0 Å². The molecule has 2 amide bonds. The molecule has 2 rings (SSSR count). The third-order valence-electron chi connectivity index (χ3n) is 4.06. The molecule has 1 saturated heterocycles. The van der Waals surface area contributed by atoms with Crippen LogP contribution in [0.1, 0.15) is 25.8 Å². The van der Waals surface area contributed by atoms with Crippen LogP contribution in [0.15, 0.2) is 30.3 Å². The Hall–Kier alpha value is -1.41. The Bertz CT molecular complexity index is 624. The quantitative estimate of drug-likeness (QED) is 0.302. The average molecular weight is 369 g/mol. The molecule has 0 bridgehead atoms. The van der Waals surface area contributed by atoms with E-state index in [1.54, 1.807) is 0 Å². The van der Waals surface area contributed by atoms with Gasteiger partial charge in [0.1, 0.15) is 12.1 Å². The minimum Gasteiger partial charge on any atom is -0.548 e. The smallest absolute Gasteiger partial charge is 0.548 e. The molecule has 1 aliphatic heterocycles. The van der Waals surface area contributed by atoms with E-state index in [-0.39, 0.29) is 35.5 Å². The average Bonchev–Trinajstić information content (AvgIpc) is 3.35. The Morgan fingerprint density at radius 2 is 1.81 bits per heavy atom. The van der Waals surface area contributed by atoms with Gasteiger partial charge >= 0.3 is 29.6 Å². The van der Waals surface area contributed by atoms with Crippen LogP contribution in [-0.4, -0.2) is 42.5 Å². The summed E-state index contributed by atoms with van der Waals surface area (Å²) in [6, 6.07) is 6.76. The maximum absolute atomic E-state index is 12.4. The predicted octanol–water partition coefficient (Wildman–Crippen LogP) is -4.03. The van der Waals surface area contributed by atoms with Gasteiger partial charge in [0.2, 0.25) is 11.8 Å². The molecular formula is C18H24N3NaO4. The first kappa shape index (κ1) is 22.6. The maximum atomic E-state index is 12.4. The summed E-state index contributed by atoms with van der Waals surface area (Å²) in [6.45, 7) is 4.66. The van der Waals surface area contributed by atoms with Crippen molar-refractivity contribution < 1.29 is 49.0 Å². The number of carbonyl (C=O) groups is 3. The van der Waals surface area contributed by atoms with Crippen LogP contribution in [0.2, 0.25) is 0 Å². The Kier molecular flexibility index (Phi) is 9.29. The van der Waals surface area contributed by atoms with E-state index in [0.717, 1.165) is 12.0 Å². The van der Waals surface area contributed by atoms with E-state index in [0.29, 0.717) is 18.9 Å². The number of benzene rings is 1. The van der Waals surface area contributed by atoms with Gasteiger partial charge < -0.3 is 20.5 Å². The monoisotopic (exact) mass is 369 g/mol. The fourth-order valence-electron chi connectivity index (χ4n) is 2.50. The third-order valence-corrected chi connectivity index (χ3v) is 4.06.